The highest BCUT2D eigenvalue weighted by Gasteiger charge is 2.26. The van der Waals surface area contributed by atoms with Gasteiger partial charge < -0.3 is 4.98 Å². The molecule has 1 heterocycles. The minimum Gasteiger partial charge on any atom is -0.335 e. The van der Waals surface area contributed by atoms with Crippen LogP contribution in [0.1, 0.15) is 12.8 Å². The van der Waals surface area contributed by atoms with Crippen molar-refractivity contribution >= 4 is 10.0 Å². The number of hydrogen-bond donors (Lipinski definition) is 2. The van der Waals surface area contributed by atoms with Crippen LogP contribution in [0.15, 0.2) is 17.6 Å². The average molecular weight is 257 g/mol. The highest BCUT2D eigenvalue weighted by atomic mass is 32.2. The number of nitrogens with one attached hydrogen (secondary N) is 2. The summed E-state index contributed by atoms with van der Waals surface area (Å²) >= 11 is 0. The molecule has 0 unspecified atom stereocenters. The van der Waals surface area contributed by atoms with Crippen LogP contribution in [0.2, 0.25) is 0 Å². The maximum atomic E-state index is 11.8. The zero-order valence-electron chi connectivity index (χ0n) is 8.08. The van der Waals surface area contributed by atoms with Crippen molar-refractivity contribution < 1.29 is 21.6 Å². The Morgan fingerprint density at radius 3 is 2.62 bits per heavy atom. The van der Waals surface area contributed by atoms with Gasteiger partial charge in [0.2, 0.25) is 0 Å². The molecule has 0 radical (unpaired) electrons. The SMILES string of the molecule is O=S(=O)(NCCCC(F)(F)F)c1cnc[nH]1. The number of aromatic nitrogens is 2. The van der Waals surface area contributed by atoms with Crippen molar-refractivity contribution in [1.82, 2.24) is 14.7 Å². The van der Waals surface area contributed by atoms with E-state index in [0.29, 0.717) is 0 Å². The molecule has 1 aromatic rings. The molecule has 0 saturated heterocycles. The van der Waals surface area contributed by atoms with E-state index in [-0.39, 0.29) is 18.0 Å². The van der Waals surface area contributed by atoms with Crippen LogP contribution < -0.4 is 4.72 Å². The molecular formula is C7H10F3N3O2S. The van der Waals surface area contributed by atoms with Gasteiger partial charge in [0.1, 0.15) is 0 Å². The Kier molecular flexibility index (Phi) is 3.92. The van der Waals surface area contributed by atoms with E-state index < -0.39 is 22.6 Å². The Balaban J connectivity index is 2.39. The van der Waals surface area contributed by atoms with E-state index in [2.05, 4.69) is 9.97 Å². The van der Waals surface area contributed by atoms with Crippen LogP contribution in [0.5, 0.6) is 0 Å². The summed E-state index contributed by atoms with van der Waals surface area (Å²) in [6.07, 6.45) is -3.33. The van der Waals surface area contributed by atoms with Gasteiger partial charge in [0.05, 0.1) is 12.5 Å². The largest absolute Gasteiger partial charge is 0.389 e. The van der Waals surface area contributed by atoms with Crippen molar-refractivity contribution in [3.05, 3.63) is 12.5 Å². The van der Waals surface area contributed by atoms with Crippen molar-refractivity contribution in [2.45, 2.75) is 24.0 Å². The first-order valence-electron chi connectivity index (χ1n) is 4.36. The molecule has 16 heavy (non-hydrogen) atoms. The number of halogens is 3. The Labute approximate surface area is 90.1 Å². The van der Waals surface area contributed by atoms with Crippen molar-refractivity contribution in [1.29, 1.82) is 0 Å². The van der Waals surface area contributed by atoms with Crippen LogP contribution in [-0.2, 0) is 10.0 Å². The second kappa shape index (κ2) is 4.83. The summed E-state index contributed by atoms with van der Waals surface area (Å²) in [7, 11) is -3.77. The highest BCUT2D eigenvalue weighted by Crippen LogP contribution is 2.20. The van der Waals surface area contributed by atoms with E-state index in [1.807, 2.05) is 4.72 Å². The van der Waals surface area contributed by atoms with E-state index in [1.54, 1.807) is 0 Å². The third-order valence-electron chi connectivity index (χ3n) is 1.69. The second-order valence-corrected chi connectivity index (χ2v) is 4.77. The zero-order chi connectivity index (χ0) is 12.2. The summed E-state index contributed by atoms with van der Waals surface area (Å²) in [6, 6.07) is 0. The van der Waals surface area contributed by atoms with Gasteiger partial charge in [-0.25, -0.2) is 18.1 Å². The first kappa shape index (κ1) is 13.0. The van der Waals surface area contributed by atoms with Gasteiger partial charge in [-0.1, -0.05) is 0 Å². The molecular weight excluding hydrogens is 247 g/mol. The molecule has 1 rings (SSSR count). The summed E-state index contributed by atoms with van der Waals surface area (Å²) in [5.41, 5.74) is 0. The van der Waals surface area contributed by atoms with Crippen LogP contribution in [0, 0.1) is 0 Å². The summed E-state index contributed by atoms with van der Waals surface area (Å²) in [6.45, 7) is -0.263. The van der Waals surface area contributed by atoms with E-state index in [0.717, 1.165) is 6.20 Å². The van der Waals surface area contributed by atoms with Crippen LogP contribution >= 0.6 is 0 Å². The number of aromatic amines is 1. The normalized spacial score (nSPS) is 12.9. The maximum absolute atomic E-state index is 11.8. The molecule has 0 bridgehead atoms. The minimum atomic E-state index is -4.26. The zero-order valence-corrected chi connectivity index (χ0v) is 8.90. The van der Waals surface area contributed by atoms with Gasteiger partial charge in [-0.05, 0) is 6.42 Å². The third kappa shape index (κ3) is 4.19. The number of nitrogens with zero attached hydrogens (tertiary/aromatic N) is 1. The average Bonchev–Trinajstić information content (AvgIpc) is 2.64. The number of hydrogen-bond acceptors (Lipinski definition) is 3. The van der Waals surface area contributed by atoms with Gasteiger partial charge >= 0.3 is 6.18 Å². The van der Waals surface area contributed by atoms with Gasteiger partial charge in [-0.3, -0.25) is 0 Å². The Morgan fingerprint density at radius 2 is 2.12 bits per heavy atom. The van der Waals surface area contributed by atoms with E-state index in [1.165, 1.54) is 6.33 Å². The Bertz CT molecular complexity index is 413. The lowest BCUT2D eigenvalue weighted by atomic mass is 10.3. The van der Waals surface area contributed by atoms with Crippen LogP contribution in [-0.4, -0.2) is 31.1 Å². The van der Waals surface area contributed by atoms with Crippen molar-refractivity contribution in [3.63, 3.8) is 0 Å². The molecule has 0 fully saturated rings. The minimum absolute atomic E-state index is 0.167. The van der Waals surface area contributed by atoms with Crippen LogP contribution in [0.25, 0.3) is 0 Å². The molecule has 1 aromatic heterocycles. The summed E-state index contributed by atoms with van der Waals surface area (Å²) in [5.74, 6) is 0. The lowest BCUT2D eigenvalue weighted by Gasteiger charge is -2.06. The molecule has 0 aliphatic rings. The maximum Gasteiger partial charge on any atom is 0.389 e. The van der Waals surface area contributed by atoms with Crippen molar-refractivity contribution in [3.8, 4) is 0 Å². The third-order valence-corrected chi connectivity index (χ3v) is 3.08. The second-order valence-electron chi connectivity index (χ2n) is 3.03. The molecule has 0 atom stereocenters. The van der Waals surface area contributed by atoms with Gasteiger partial charge in [0.15, 0.2) is 5.03 Å². The predicted molar refractivity (Wildman–Crippen MR) is 49.1 cm³/mol. The number of sulfonamides is 1. The van der Waals surface area contributed by atoms with Gasteiger partial charge in [-0.2, -0.15) is 13.2 Å². The topological polar surface area (TPSA) is 74.8 Å². The van der Waals surface area contributed by atoms with E-state index in [9.17, 15) is 21.6 Å². The van der Waals surface area contributed by atoms with Crippen LogP contribution in [0.4, 0.5) is 13.2 Å². The number of H-pyrrole nitrogens is 1. The monoisotopic (exact) mass is 257 g/mol. The quantitative estimate of drug-likeness (QED) is 0.774. The molecule has 0 amide bonds. The molecule has 5 nitrogen and oxygen atoms in total. The van der Waals surface area contributed by atoms with E-state index in [4.69, 9.17) is 0 Å². The highest BCUT2D eigenvalue weighted by molar-refractivity contribution is 7.89. The lowest BCUT2D eigenvalue weighted by Crippen LogP contribution is -2.26. The number of rotatable bonds is 5. The Morgan fingerprint density at radius 1 is 1.44 bits per heavy atom. The fourth-order valence-corrected chi connectivity index (χ4v) is 1.94. The van der Waals surface area contributed by atoms with Gasteiger partial charge in [0.25, 0.3) is 10.0 Å². The lowest BCUT2D eigenvalue weighted by molar-refractivity contribution is -0.135. The summed E-state index contributed by atoms with van der Waals surface area (Å²) in [5, 5.41) is -0.167. The summed E-state index contributed by atoms with van der Waals surface area (Å²) < 4.78 is 60.0. The number of alkyl halides is 3. The van der Waals surface area contributed by atoms with Crippen molar-refractivity contribution in [2.75, 3.05) is 6.54 Å². The van der Waals surface area contributed by atoms with Gasteiger partial charge in [-0.15, -0.1) is 0 Å². The fraction of sp³-hybridized carbons (Fsp3) is 0.571. The number of imidazole rings is 1. The molecule has 2 N–H and O–H groups in total. The molecule has 0 spiro atoms. The molecule has 9 heteroatoms. The Hall–Kier alpha value is -1.09. The standard InChI is InChI=1S/C7H10F3N3O2S/c8-7(9,10)2-1-3-13-16(14,15)6-4-11-5-12-6/h4-5,13H,1-3H2,(H,11,12). The first-order valence-corrected chi connectivity index (χ1v) is 5.84. The van der Waals surface area contributed by atoms with Crippen molar-refractivity contribution in [2.24, 2.45) is 0 Å². The summed E-state index contributed by atoms with van der Waals surface area (Å²) in [4.78, 5) is 5.85. The van der Waals surface area contributed by atoms with E-state index >= 15 is 0 Å². The molecule has 0 aromatic carbocycles. The molecule has 0 aliphatic carbocycles. The fourth-order valence-electron chi connectivity index (χ4n) is 0.963. The van der Waals surface area contributed by atoms with Crippen LogP contribution in [0.3, 0.4) is 0 Å². The molecule has 0 saturated carbocycles. The molecule has 0 aliphatic heterocycles. The predicted octanol–water partition coefficient (Wildman–Crippen LogP) is 1.03. The van der Waals surface area contributed by atoms with Gasteiger partial charge in [0, 0.05) is 13.0 Å². The molecule has 92 valence electrons. The smallest absolute Gasteiger partial charge is 0.335 e. The first-order chi connectivity index (χ1) is 7.31.